The first-order valence-corrected chi connectivity index (χ1v) is 16.3. The number of likely N-dealkylation sites (tertiary alicyclic amines) is 1. The highest BCUT2D eigenvalue weighted by Gasteiger charge is 2.22. The van der Waals surface area contributed by atoms with E-state index < -0.39 is 0 Å². The van der Waals surface area contributed by atoms with Gasteiger partial charge in [0.1, 0.15) is 11.5 Å². The minimum atomic E-state index is 0.115. The Labute approximate surface area is 257 Å². The number of carbonyl (C=O) groups excluding carboxylic acids is 1. The SMILES string of the molecule is CC1CC/C(c2ccccn2)=C\C=NC1=Nc1ccc2[nH]c(C(=O)N3CCCCC(CCCCCN(C)C)CC3)cc2c1. The smallest absolute Gasteiger partial charge is 0.270 e. The molecule has 7 nitrogen and oxygen atoms in total. The number of aromatic nitrogens is 2. The largest absolute Gasteiger partial charge is 0.351 e. The third-order valence-corrected chi connectivity index (χ3v) is 8.94. The van der Waals surface area contributed by atoms with Crippen molar-refractivity contribution in [3.8, 4) is 0 Å². The summed E-state index contributed by atoms with van der Waals surface area (Å²) in [5, 5.41) is 1.01. The van der Waals surface area contributed by atoms with Crippen molar-refractivity contribution in [2.24, 2.45) is 21.8 Å². The van der Waals surface area contributed by atoms with Gasteiger partial charge in [0.2, 0.25) is 0 Å². The normalized spacial score (nSPS) is 22.2. The summed E-state index contributed by atoms with van der Waals surface area (Å²) in [5.41, 5.74) is 4.70. The molecular formula is C36H48N6O. The number of aromatic amines is 1. The molecule has 7 heteroatoms. The first-order chi connectivity index (χ1) is 21.0. The molecule has 0 spiro atoms. The minimum absolute atomic E-state index is 0.115. The van der Waals surface area contributed by atoms with E-state index in [2.05, 4.69) is 52.9 Å². The maximum Gasteiger partial charge on any atom is 0.270 e. The lowest BCUT2D eigenvalue weighted by Gasteiger charge is -2.28. The van der Waals surface area contributed by atoms with Crippen LogP contribution >= 0.6 is 0 Å². The zero-order valence-corrected chi connectivity index (χ0v) is 26.3. The van der Waals surface area contributed by atoms with E-state index in [1.807, 2.05) is 48.8 Å². The molecule has 0 aliphatic carbocycles. The molecule has 1 aromatic carbocycles. The third kappa shape index (κ3) is 8.73. The molecule has 1 fully saturated rings. The van der Waals surface area contributed by atoms with Gasteiger partial charge in [-0.2, -0.15) is 0 Å². The lowest BCUT2D eigenvalue weighted by Crippen LogP contribution is -2.35. The molecule has 1 N–H and O–H groups in total. The maximum atomic E-state index is 13.6. The van der Waals surface area contributed by atoms with Crippen LogP contribution in [0.2, 0.25) is 0 Å². The number of hydrogen-bond donors (Lipinski definition) is 1. The summed E-state index contributed by atoms with van der Waals surface area (Å²) >= 11 is 0. The zero-order valence-electron chi connectivity index (χ0n) is 26.3. The molecule has 228 valence electrons. The second-order valence-corrected chi connectivity index (χ2v) is 12.6. The Morgan fingerprint density at radius 2 is 1.95 bits per heavy atom. The molecule has 0 bridgehead atoms. The van der Waals surface area contributed by atoms with Crippen LogP contribution < -0.4 is 0 Å². The molecule has 2 aromatic heterocycles. The molecule has 3 aromatic rings. The Morgan fingerprint density at radius 3 is 2.79 bits per heavy atom. The Bertz CT molecular complexity index is 1440. The summed E-state index contributed by atoms with van der Waals surface area (Å²) < 4.78 is 0. The van der Waals surface area contributed by atoms with Crippen molar-refractivity contribution in [1.82, 2.24) is 19.8 Å². The Balaban J connectivity index is 1.22. The molecule has 2 unspecified atom stereocenters. The van der Waals surface area contributed by atoms with Crippen LogP contribution in [-0.4, -0.2) is 71.5 Å². The number of H-pyrrole nitrogens is 1. The number of rotatable bonds is 9. The van der Waals surface area contributed by atoms with Gasteiger partial charge < -0.3 is 14.8 Å². The van der Waals surface area contributed by atoms with Crippen LogP contribution in [0.5, 0.6) is 0 Å². The van der Waals surface area contributed by atoms with E-state index in [4.69, 9.17) is 9.98 Å². The number of unbranched alkanes of at least 4 members (excludes halogenated alkanes) is 2. The summed E-state index contributed by atoms with van der Waals surface area (Å²) in [7, 11) is 4.29. The van der Waals surface area contributed by atoms with Gasteiger partial charge in [-0.1, -0.05) is 45.1 Å². The fourth-order valence-electron chi connectivity index (χ4n) is 6.29. The lowest BCUT2D eigenvalue weighted by molar-refractivity contribution is 0.0722. The highest BCUT2D eigenvalue weighted by atomic mass is 16.2. The van der Waals surface area contributed by atoms with Crippen LogP contribution in [0.1, 0.15) is 87.3 Å². The fraction of sp³-hybridized carbons (Fsp3) is 0.500. The Morgan fingerprint density at radius 1 is 1.05 bits per heavy atom. The summed E-state index contributed by atoms with van der Waals surface area (Å²) in [6.45, 7) is 5.05. The van der Waals surface area contributed by atoms with Crippen LogP contribution in [-0.2, 0) is 0 Å². The Kier molecular flexibility index (Phi) is 10.9. The van der Waals surface area contributed by atoms with Crippen LogP contribution in [0.3, 0.4) is 0 Å². The molecule has 0 radical (unpaired) electrons. The van der Waals surface area contributed by atoms with Crippen molar-refractivity contribution in [3.05, 3.63) is 66.1 Å². The van der Waals surface area contributed by atoms with Gasteiger partial charge in [-0.05, 0) is 107 Å². The summed E-state index contributed by atoms with van der Waals surface area (Å²) in [6.07, 6.45) is 17.5. The second kappa shape index (κ2) is 15.2. The third-order valence-electron chi connectivity index (χ3n) is 8.94. The average Bonchev–Trinajstić information content (AvgIpc) is 3.42. The highest BCUT2D eigenvalue weighted by Crippen LogP contribution is 2.28. The minimum Gasteiger partial charge on any atom is -0.351 e. The zero-order chi connectivity index (χ0) is 30.0. The van der Waals surface area contributed by atoms with Crippen LogP contribution in [0, 0.1) is 11.8 Å². The van der Waals surface area contributed by atoms with Gasteiger partial charge in [-0.3, -0.25) is 9.78 Å². The standard InChI is InChI=1S/C36H48N6O/c1-27-14-15-29(32-13-6-8-20-37-32)18-21-38-35(27)39-31-16-17-33-30(25-31)26-34(40-33)36(43)42-23-10-7-12-28(19-24-42)11-5-4-9-22-41(2)3/h6,8,13,16-18,20-21,25-28,40H,4-5,7,9-12,14-15,19,22-24H2,1-3H3/b29-18+,38-21?,39-35?. The van der Waals surface area contributed by atoms with Crippen LogP contribution in [0.25, 0.3) is 16.5 Å². The van der Waals surface area contributed by atoms with Crippen molar-refractivity contribution in [2.75, 3.05) is 33.7 Å². The van der Waals surface area contributed by atoms with Gasteiger partial charge >= 0.3 is 0 Å². The van der Waals surface area contributed by atoms with E-state index in [0.717, 1.165) is 72.8 Å². The van der Waals surface area contributed by atoms with Crippen molar-refractivity contribution in [2.45, 2.75) is 71.1 Å². The number of amidine groups is 1. The van der Waals surface area contributed by atoms with Gasteiger partial charge in [0.15, 0.2) is 0 Å². The van der Waals surface area contributed by atoms with Crippen LogP contribution in [0.4, 0.5) is 5.69 Å². The molecule has 1 amide bonds. The van der Waals surface area contributed by atoms with E-state index in [1.54, 1.807) is 0 Å². The molecule has 2 aliphatic rings. The number of hydrogen-bond acceptors (Lipinski definition) is 4. The van der Waals surface area contributed by atoms with Gasteiger partial charge in [-0.15, -0.1) is 0 Å². The quantitative estimate of drug-likeness (QED) is 0.261. The predicted molar refractivity (Wildman–Crippen MR) is 179 cm³/mol. The number of allylic oxidation sites excluding steroid dienone is 2. The van der Waals surface area contributed by atoms with E-state index in [9.17, 15) is 4.79 Å². The van der Waals surface area contributed by atoms with Gasteiger partial charge in [0.05, 0.1) is 11.4 Å². The summed E-state index contributed by atoms with van der Waals surface area (Å²) in [5.74, 6) is 1.89. The number of amides is 1. The van der Waals surface area contributed by atoms with Crippen LogP contribution in [0.15, 0.2) is 64.7 Å². The molecular weight excluding hydrogens is 532 g/mol. The first-order valence-electron chi connectivity index (χ1n) is 16.3. The van der Waals surface area contributed by atoms with Crippen molar-refractivity contribution in [1.29, 1.82) is 0 Å². The molecule has 5 rings (SSSR count). The first kappa shape index (κ1) is 30.9. The maximum absolute atomic E-state index is 13.6. The van der Waals surface area contributed by atoms with Gasteiger partial charge in [-0.25, -0.2) is 9.98 Å². The number of carbonyl (C=O) groups is 1. The van der Waals surface area contributed by atoms with Crippen molar-refractivity contribution >= 4 is 40.1 Å². The van der Waals surface area contributed by atoms with Gasteiger partial charge in [0.25, 0.3) is 5.91 Å². The van der Waals surface area contributed by atoms with E-state index in [1.165, 1.54) is 50.6 Å². The van der Waals surface area contributed by atoms with E-state index in [-0.39, 0.29) is 11.8 Å². The lowest BCUT2D eigenvalue weighted by atomic mass is 9.90. The molecule has 2 atom stereocenters. The highest BCUT2D eigenvalue weighted by molar-refractivity contribution is 6.00. The number of pyridine rings is 1. The Hall–Kier alpha value is -3.58. The topological polar surface area (TPSA) is 76.9 Å². The fourth-order valence-corrected chi connectivity index (χ4v) is 6.29. The molecule has 1 saturated heterocycles. The number of nitrogens with zero attached hydrogens (tertiary/aromatic N) is 5. The molecule has 4 heterocycles. The van der Waals surface area contributed by atoms with E-state index in [0.29, 0.717) is 5.69 Å². The summed E-state index contributed by atoms with van der Waals surface area (Å²) in [6, 6.07) is 14.1. The molecule has 0 saturated carbocycles. The van der Waals surface area contributed by atoms with Crippen molar-refractivity contribution in [3.63, 3.8) is 0 Å². The van der Waals surface area contributed by atoms with Gasteiger partial charge in [0, 0.05) is 42.3 Å². The summed E-state index contributed by atoms with van der Waals surface area (Å²) in [4.78, 5) is 35.5. The molecule has 2 aliphatic heterocycles. The number of aliphatic imine (C=N–C) groups is 2. The molecule has 43 heavy (non-hydrogen) atoms. The van der Waals surface area contributed by atoms with E-state index >= 15 is 0 Å². The monoisotopic (exact) mass is 580 g/mol. The van der Waals surface area contributed by atoms with Crippen molar-refractivity contribution < 1.29 is 4.79 Å². The number of fused-ring (bicyclic) bond motifs is 1. The number of benzene rings is 1. The second-order valence-electron chi connectivity index (χ2n) is 12.6. The average molecular weight is 581 g/mol. The number of nitrogens with one attached hydrogen (secondary N) is 1. The predicted octanol–water partition coefficient (Wildman–Crippen LogP) is 7.93.